The van der Waals surface area contributed by atoms with E-state index in [0.29, 0.717) is 25.7 Å². The van der Waals surface area contributed by atoms with E-state index >= 15 is 0 Å². The van der Waals surface area contributed by atoms with E-state index in [1.165, 1.54) is 0 Å². The van der Waals surface area contributed by atoms with Gasteiger partial charge in [-0.25, -0.2) is 4.79 Å². The molecule has 0 atom stereocenters. The topological polar surface area (TPSA) is 59.6 Å². The smallest absolute Gasteiger partial charge is 0.315 e. The van der Waals surface area contributed by atoms with Crippen LogP contribution in [-0.2, 0) is 16.0 Å². The second-order valence-electron chi connectivity index (χ2n) is 5.75. The zero-order valence-electron chi connectivity index (χ0n) is 12.1. The summed E-state index contributed by atoms with van der Waals surface area (Å²) in [6.45, 7) is 2.75. The molecule has 2 fully saturated rings. The zero-order valence-corrected chi connectivity index (χ0v) is 12.9. The van der Waals surface area contributed by atoms with Crippen molar-refractivity contribution in [2.24, 2.45) is 5.92 Å². The molecule has 1 aliphatic heterocycles. The maximum absolute atomic E-state index is 11.8. The SMILES string of the molecule is O=C(NCc1ccsc1)NCC1CCC2(CC1)OCCO2. The second-order valence-corrected chi connectivity index (χ2v) is 6.53. The number of urea groups is 1. The summed E-state index contributed by atoms with van der Waals surface area (Å²) in [5, 5.41) is 9.90. The maximum atomic E-state index is 11.8. The Morgan fingerprint density at radius 1 is 1.29 bits per heavy atom. The summed E-state index contributed by atoms with van der Waals surface area (Å²) in [5.74, 6) is 0.216. The van der Waals surface area contributed by atoms with Gasteiger partial charge in [-0.1, -0.05) is 0 Å². The van der Waals surface area contributed by atoms with Gasteiger partial charge in [-0.3, -0.25) is 0 Å². The first kappa shape index (κ1) is 14.8. The van der Waals surface area contributed by atoms with Crippen LogP contribution in [0.1, 0.15) is 31.2 Å². The Morgan fingerprint density at radius 3 is 2.71 bits per heavy atom. The van der Waals surface area contributed by atoms with Crippen molar-refractivity contribution in [1.29, 1.82) is 0 Å². The number of carbonyl (C=O) groups is 1. The number of hydrogen-bond donors (Lipinski definition) is 2. The highest BCUT2D eigenvalue weighted by atomic mass is 32.1. The average Bonchev–Trinajstić information content (AvgIpc) is 3.17. The van der Waals surface area contributed by atoms with Crippen LogP contribution in [-0.4, -0.2) is 31.6 Å². The number of amides is 2. The van der Waals surface area contributed by atoms with Gasteiger partial charge in [0.25, 0.3) is 0 Å². The molecule has 0 bridgehead atoms. The van der Waals surface area contributed by atoms with E-state index in [1.54, 1.807) is 11.3 Å². The van der Waals surface area contributed by atoms with Gasteiger partial charge in [-0.15, -0.1) is 0 Å². The van der Waals surface area contributed by atoms with Gasteiger partial charge in [0.1, 0.15) is 0 Å². The molecule has 2 amide bonds. The fraction of sp³-hybridized carbons (Fsp3) is 0.667. The molecule has 1 aliphatic carbocycles. The number of ether oxygens (including phenoxy) is 2. The Kier molecular flexibility index (Phi) is 4.77. The third kappa shape index (κ3) is 3.96. The lowest BCUT2D eigenvalue weighted by atomic mass is 9.85. The minimum absolute atomic E-state index is 0.0881. The second kappa shape index (κ2) is 6.77. The largest absolute Gasteiger partial charge is 0.348 e. The van der Waals surface area contributed by atoms with E-state index in [1.807, 2.05) is 16.8 Å². The first-order valence-electron chi connectivity index (χ1n) is 7.56. The summed E-state index contributed by atoms with van der Waals surface area (Å²) >= 11 is 1.64. The molecule has 1 aromatic rings. The van der Waals surface area contributed by atoms with Gasteiger partial charge in [0.2, 0.25) is 0 Å². The lowest BCUT2D eigenvalue weighted by Crippen LogP contribution is -2.41. The van der Waals surface area contributed by atoms with Crippen LogP contribution in [0.5, 0.6) is 0 Å². The molecule has 2 aliphatic rings. The molecular weight excluding hydrogens is 288 g/mol. The Hall–Kier alpha value is -1.11. The van der Waals surface area contributed by atoms with Gasteiger partial charge in [0.05, 0.1) is 13.2 Å². The first-order valence-corrected chi connectivity index (χ1v) is 8.51. The highest BCUT2D eigenvalue weighted by molar-refractivity contribution is 7.07. The summed E-state index contributed by atoms with van der Waals surface area (Å²) in [5.41, 5.74) is 1.14. The highest BCUT2D eigenvalue weighted by Crippen LogP contribution is 2.37. The normalized spacial score (nSPS) is 21.5. The molecule has 1 spiro atoms. The van der Waals surface area contributed by atoms with E-state index in [9.17, 15) is 4.79 Å². The van der Waals surface area contributed by atoms with E-state index < -0.39 is 0 Å². The molecule has 1 saturated heterocycles. The number of nitrogens with one attached hydrogen (secondary N) is 2. The van der Waals surface area contributed by atoms with E-state index in [4.69, 9.17) is 9.47 Å². The molecule has 116 valence electrons. The third-order valence-corrected chi connectivity index (χ3v) is 5.00. The molecule has 3 rings (SSSR count). The van der Waals surface area contributed by atoms with Gasteiger partial charge >= 0.3 is 6.03 Å². The molecule has 21 heavy (non-hydrogen) atoms. The third-order valence-electron chi connectivity index (χ3n) is 4.26. The Bertz CT molecular complexity index is 447. The number of rotatable bonds is 4. The summed E-state index contributed by atoms with van der Waals surface area (Å²) in [6, 6.07) is 1.93. The summed E-state index contributed by atoms with van der Waals surface area (Å²) in [4.78, 5) is 11.8. The van der Waals surface area contributed by atoms with Crippen LogP contribution in [0.3, 0.4) is 0 Å². The van der Waals surface area contributed by atoms with Gasteiger partial charge in [0, 0.05) is 25.9 Å². The molecule has 1 saturated carbocycles. The lowest BCUT2D eigenvalue weighted by molar-refractivity contribution is -0.182. The van der Waals surface area contributed by atoms with Crippen molar-refractivity contribution >= 4 is 17.4 Å². The fourth-order valence-corrected chi connectivity index (χ4v) is 3.65. The van der Waals surface area contributed by atoms with Crippen LogP contribution in [0.25, 0.3) is 0 Å². The van der Waals surface area contributed by atoms with E-state index in [0.717, 1.165) is 37.8 Å². The van der Waals surface area contributed by atoms with E-state index in [2.05, 4.69) is 10.6 Å². The predicted molar refractivity (Wildman–Crippen MR) is 81.2 cm³/mol. The minimum Gasteiger partial charge on any atom is -0.348 e. The van der Waals surface area contributed by atoms with Gasteiger partial charge in [-0.2, -0.15) is 11.3 Å². The Balaban J connectivity index is 1.33. The fourth-order valence-electron chi connectivity index (χ4n) is 2.98. The summed E-state index contributed by atoms with van der Waals surface area (Å²) in [6.07, 6.45) is 3.97. The van der Waals surface area contributed by atoms with Crippen LogP contribution >= 0.6 is 11.3 Å². The molecule has 2 heterocycles. The van der Waals surface area contributed by atoms with Gasteiger partial charge in [-0.05, 0) is 41.1 Å². The van der Waals surface area contributed by atoms with Crippen LogP contribution in [0, 0.1) is 5.92 Å². The molecule has 5 nitrogen and oxygen atoms in total. The van der Waals surface area contributed by atoms with Crippen molar-refractivity contribution in [2.75, 3.05) is 19.8 Å². The zero-order chi connectivity index (χ0) is 14.5. The van der Waals surface area contributed by atoms with Crippen molar-refractivity contribution in [3.05, 3.63) is 22.4 Å². The number of thiophene rings is 1. The van der Waals surface area contributed by atoms with Gasteiger partial charge < -0.3 is 20.1 Å². The van der Waals surface area contributed by atoms with Crippen molar-refractivity contribution in [3.8, 4) is 0 Å². The molecule has 0 unspecified atom stereocenters. The molecule has 1 aromatic heterocycles. The average molecular weight is 310 g/mol. The number of carbonyl (C=O) groups excluding carboxylic acids is 1. The van der Waals surface area contributed by atoms with Crippen molar-refractivity contribution in [3.63, 3.8) is 0 Å². The summed E-state index contributed by atoms with van der Waals surface area (Å²) < 4.78 is 11.4. The first-order chi connectivity index (χ1) is 10.3. The van der Waals surface area contributed by atoms with Gasteiger partial charge in [0.15, 0.2) is 5.79 Å². The Morgan fingerprint density at radius 2 is 2.05 bits per heavy atom. The standard InChI is InChI=1S/C15H22N2O3S/c18-14(17-10-13-3-8-21-11-13)16-9-12-1-4-15(5-2-12)19-6-7-20-15/h3,8,11-12H,1-2,4-7,9-10H2,(H2,16,17,18). The monoisotopic (exact) mass is 310 g/mol. The molecule has 0 radical (unpaired) electrons. The predicted octanol–water partition coefficient (Wildman–Crippen LogP) is 2.48. The van der Waals surface area contributed by atoms with Crippen molar-refractivity contribution in [1.82, 2.24) is 10.6 Å². The minimum atomic E-state index is -0.308. The van der Waals surface area contributed by atoms with Crippen molar-refractivity contribution < 1.29 is 14.3 Å². The quantitative estimate of drug-likeness (QED) is 0.898. The maximum Gasteiger partial charge on any atom is 0.315 e. The molecule has 0 aromatic carbocycles. The summed E-state index contributed by atoms with van der Waals surface area (Å²) in [7, 11) is 0. The van der Waals surface area contributed by atoms with Crippen LogP contribution in [0.15, 0.2) is 16.8 Å². The van der Waals surface area contributed by atoms with Crippen LogP contribution in [0.2, 0.25) is 0 Å². The molecule has 2 N–H and O–H groups in total. The molecular formula is C15H22N2O3S. The number of hydrogen-bond acceptors (Lipinski definition) is 4. The van der Waals surface area contributed by atoms with E-state index in [-0.39, 0.29) is 11.8 Å². The van der Waals surface area contributed by atoms with Crippen LogP contribution < -0.4 is 10.6 Å². The highest BCUT2D eigenvalue weighted by Gasteiger charge is 2.40. The van der Waals surface area contributed by atoms with Crippen molar-refractivity contribution in [2.45, 2.75) is 38.0 Å². The van der Waals surface area contributed by atoms with Crippen LogP contribution in [0.4, 0.5) is 4.79 Å². The lowest BCUT2D eigenvalue weighted by Gasteiger charge is -2.35. The molecule has 6 heteroatoms. The Labute approximate surface area is 129 Å².